The van der Waals surface area contributed by atoms with Crippen molar-refractivity contribution in [3.8, 4) is 0 Å². The Morgan fingerprint density at radius 2 is 2.04 bits per heavy atom. The van der Waals surface area contributed by atoms with Crippen LogP contribution in [0.2, 0.25) is 0 Å². The number of aromatic amines is 1. The minimum atomic E-state index is -4.87. The van der Waals surface area contributed by atoms with Gasteiger partial charge < -0.3 is 29.8 Å². The minimum absolute atomic E-state index is 0.00166. The molecule has 136 valence electrons. The lowest BCUT2D eigenvalue weighted by Crippen LogP contribution is -2.55. The van der Waals surface area contributed by atoms with Crippen molar-refractivity contribution < 1.29 is 38.9 Å². The third kappa shape index (κ3) is 3.63. The first-order valence-electron chi connectivity index (χ1n) is 6.39. The van der Waals surface area contributed by atoms with Crippen molar-refractivity contribution >= 4 is 30.4 Å². The molecule has 1 aliphatic heterocycles. The molecule has 1 aromatic heterocycles. The van der Waals surface area contributed by atoms with Gasteiger partial charge in [0.15, 0.2) is 0 Å². The summed E-state index contributed by atoms with van der Waals surface area (Å²) in [4.78, 5) is 42.7. The molecule has 0 aliphatic carbocycles. The van der Waals surface area contributed by atoms with E-state index < -0.39 is 56.3 Å². The number of phosphoric acid groups is 1. The number of aliphatic hydroxyl groups excluding tert-OH is 3. The number of aromatic nitrogens is 2. The van der Waals surface area contributed by atoms with E-state index in [0.29, 0.717) is 0 Å². The maximum Gasteiger partial charge on any atom is 0.469 e. The summed E-state index contributed by atoms with van der Waals surface area (Å²) in [6.07, 6.45) is -5.02. The Kier molecular flexibility index (Phi) is 5.69. The number of aliphatic hydroxyl groups is 3. The van der Waals surface area contributed by atoms with Crippen molar-refractivity contribution in [1.29, 1.82) is 0 Å². The molecule has 0 amide bonds. The molecule has 14 heteroatoms. The largest absolute Gasteiger partial charge is 0.469 e. The van der Waals surface area contributed by atoms with Gasteiger partial charge in [0.05, 0.1) is 16.9 Å². The smallest absolute Gasteiger partial charge is 0.391 e. The predicted octanol–water partition coefficient (Wildman–Crippen LogP) is -2.98. The standard InChI is InChI=1S/C10H14IN2O10P/c11-5-1-6(15)12-9(18)13(5)10(3-14)8(17)7(16)4(23-10)2-22-24(19,20)21/h1,4,7-8,14,16-17H,2-3H2,(H,12,15,18)(H2,19,20,21)/t4-,7?,8?,10-/m1/s1. The van der Waals surface area contributed by atoms with Gasteiger partial charge in [-0.2, -0.15) is 0 Å². The topological polar surface area (TPSA) is 192 Å². The zero-order chi connectivity index (χ0) is 18.3. The highest BCUT2D eigenvalue weighted by molar-refractivity contribution is 14.1. The van der Waals surface area contributed by atoms with Crippen LogP contribution >= 0.6 is 30.4 Å². The number of phosphoric ester groups is 1. The Hall–Kier alpha value is -0.640. The van der Waals surface area contributed by atoms with Gasteiger partial charge in [0.25, 0.3) is 5.56 Å². The Morgan fingerprint density at radius 3 is 2.54 bits per heavy atom. The van der Waals surface area contributed by atoms with Crippen molar-refractivity contribution in [1.82, 2.24) is 9.55 Å². The first kappa shape index (κ1) is 19.7. The summed E-state index contributed by atoms with van der Waals surface area (Å²) in [5, 5.41) is 29.9. The molecule has 4 atom stereocenters. The highest BCUT2D eigenvalue weighted by atomic mass is 127. The van der Waals surface area contributed by atoms with Crippen molar-refractivity contribution in [2.24, 2.45) is 0 Å². The van der Waals surface area contributed by atoms with Gasteiger partial charge in [-0.05, 0) is 22.6 Å². The van der Waals surface area contributed by atoms with Crippen molar-refractivity contribution in [2.45, 2.75) is 24.0 Å². The monoisotopic (exact) mass is 480 g/mol. The minimum Gasteiger partial charge on any atom is -0.391 e. The predicted molar refractivity (Wildman–Crippen MR) is 84.0 cm³/mol. The van der Waals surface area contributed by atoms with Crippen LogP contribution in [0.1, 0.15) is 0 Å². The molecule has 12 nitrogen and oxygen atoms in total. The van der Waals surface area contributed by atoms with Crippen LogP contribution in [-0.4, -0.2) is 66.2 Å². The van der Waals surface area contributed by atoms with E-state index in [-0.39, 0.29) is 3.70 Å². The summed E-state index contributed by atoms with van der Waals surface area (Å²) < 4.78 is 21.0. The second-order valence-corrected chi connectivity index (χ2v) is 7.32. The lowest BCUT2D eigenvalue weighted by Gasteiger charge is -2.32. The first-order valence-corrected chi connectivity index (χ1v) is 9.00. The fraction of sp³-hybridized carbons (Fsp3) is 0.600. The number of H-pyrrole nitrogens is 1. The molecule has 0 spiro atoms. The van der Waals surface area contributed by atoms with E-state index in [1.165, 1.54) is 0 Å². The van der Waals surface area contributed by atoms with Crippen molar-refractivity contribution in [2.75, 3.05) is 13.2 Å². The fourth-order valence-corrected chi connectivity index (χ4v) is 3.63. The van der Waals surface area contributed by atoms with E-state index >= 15 is 0 Å². The molecule has 6 N–H and O–H groups in total. The summed E-state index contributed by atoms with van der Waals surface area (Å²) in [7, 11) is -4.87. The molecule has 1 saturated heterocycles. The van der Waals surface area contributed by atoms with Crippen LogP contribution in [0.5, 0.6) is 0 Å². The quantitative estimate of drug-likeness (QED) is 0.144. The molecule has 0 aromatic carbocycles. The lowest BCUT2D eigenvalue weighted by molar-refractivity contribution is -0.174. The molecule has 2 rings (SSSR count). The molecule has 24 heavy (non-hydrogen) atoms. The van der Waals surface area contributed by atoms with Crippen LogP contribution in [0.25, 0.3) is 0 Å². The molecule has 0 radical (unpaired) electrons. The Balaban J connectivity index is 2.45. The van der Waals surface area contributed by atoms with E-state index in [1.54, 1.807) is 22.6 Å². The zero-order valence-electron chi connectivity index (χ0n) is 11.8. The Labute approximate surface area is 147 Å². The Bertz CT molecular complexity index is 774. The van der Waals surface area contributed by atoms with E-state index in [9.17, 15) is 29.5 Å². The molecule has 2 unspecified atom stereocenters. The number of halogens is 1. The van der Waals surface area contributed by atoms with Crippen molar-refractivity contribution in [3.05, 3.63) is 30.6 Å². The van der Waals surface area contributed by atoms with Gasteiger partial charge in [-0.25, -0.2) is 9.36 Å². The molecule has 1 aromatic rings. The van der Waals surface area contributed by atoms with Crippen LogP contribution in [0.15, 0.2) is 15.7 Å². The van der Waals surface area contributed by atoms with E-state index in [2.05, 4.69) is 4.52 Å². The van der Waals surface area contributed by atoms with Crippen LogP contribution in [0.3, 0.4) is 0 Å². The maximum atomic E-state index is 12.1. The third-order valence-electron chi connectivity index (χ3n) is 3.43. The molecule has 1 fully saturated rings. The summed E-state index contributed by atoms with van der Waals surface area (Å²) >= 11 is 1.60. The summed E-state index contributed by atoms with van der Waals surface area (Å²) in [6.45, 7) is -1.78. The highest BCUT2D eigenvalue weighted by Crippen LogP contribution is 2.40. The second kappa shape index (κ2) is 6.93. The van der Waals surface area contributed by atoms with Gasteiger partial charge >= 0.3 is 13.5 Å². The zero-order valence-corrected chi connectivity index (χ0v) is 14.8. The SMILES string of the molecule is O=c1cc(I)n([C@]2(CO)O[C@H](COP(=O)(O)O)C(O)C2O)c(=O)[nH]1. The molecular weight excluding hydrogens is 466 g/mol. The number of rotatable bonds is 5. The average molecular weight is 480 g/mol. The molecule has 0 saturated carbocycles. The number of hydrogen-bond donors (Lipinski definition) is 6. The van der Waals surface area contributed by atoms with E-state index in [0.717, 1.165) is 10.6 Å². The number of nitrogens with zero attached hydrogens (tertiary/aromatic N) is 1. The highest BCUT2D eigenvalue weighted by Gasteiger charge is 2.56. The van der Waals surface area contributed by atoms with Gasteiger partial charge in [0.1, 0.15) is 18.3 Å². The molecule has 0 bridgehead atoms. The van der Waals surface area contributed by atoms with E-state index in [1.807, 2.05) is 4.98 Å². The van der Waals surface area contributed by atoms with Crippen LogP contribution in [-0.2, 0) is 19.6 Å². The van der Waals surface area contributed by atoms with Gasteiger partial charge in [-0.15, -0.1) is 0 Å². The van der Waals surface area contributed by atoms with Crippen LogP contribution in [0, 0.1) is 3.70 Å². The van der Waals surface area contributed by atoms with Gasteiger partial charge in [-0.1, -0.05) is 0 Å². The molecular formula is C10H14IN2O10P. The van der Waals surface area contributed by atoms with Crippen LogP contribution in [0.4, 0.5) is 0 Å². The molecule has 2 heterocycles. The third-order valence-corrected chi connectivity index (χ3v) is 4.71. The van der Waals surface area contributed by atoms with Gasteiger partial charge in [0.2, 0.25) is 5.72 Å². The fourth-order valence-electron chi connectivity index (χ4n) is 2.38. The Morgan fingerprint density at radius 1 is 1.42 bits per heavy atom. The number of ether oxygens (including phenoxy) is 1. The van der Waals surface area contributed by atoms with E-state index in [4.69, 9.17) is 14.5 Å². The molecule has 1 aliphatic rings. The summed E-state index contributed by atoms with van der Waals surface area (Å²) in [5.41, 5.74) is -3.90. The van der Waals surface area contributed by atoms with Crippen LogP contribution < -0.4 is 11.2 Å². The summed E-state index contributed by atoms with van der Waals surface area (Å²) in [5.74, 6) is 0. The van der Waals surface area contributed by atoms with Gasteiger partial charge in [-0.3, -0.25) is 18.9 Å². The average Bonchev–Trinajstić information content (AvgIpc) is 2.69. The second-order valence-electron chi connectivity index (χ2n) is 4.98. The summed E-state index contributed by atoms with van der Waals surface area (Å²) in [6, 6.07) is 1.00. The van der Waals surface area contributed by atoms with Gasteiger partial charge in [0, 0.05) is 6.07 Å². The first-order chi connectivity index (χ1) is 11.0. The number of hydrogen-bond acceptors (Lipinski definition) is 8. The normalized spacial score (nSPS) is 30.7. The van der Waals surface area contributed by atoms with Crippen molar-refractivity contribution in [3.63, 3.8) is 0 Å². The maximum absolute atomic E-state index is 12.1. The number of nitrogens with one attached hydrogen (secondary N) is 1. The lowest BCUT2D eigenvalue weighted by atomic mass is 10.0.